The summed E-state index contributed by atoms with van der Waals surface area (Å²) in [4.78, 5) is 15.5. The first-order chi connectivity index (χ1) is 9.70. The van der Waals surface area contributed by atoms with E-state index in [-0.39, 0.29) is 11.8 Å². The van der Waals surface area contributed by atoms with Crippen LogP contribution in [0, 0.1) is 5.92 Å². The molecule has 0 spiro atoms. The molecule has 0 aromatic carbocycles. The molecule has 0 radical (unpaired) electrons. The van der Waals surface area contributed by atoms with E-state index < -0.39 is 0 Å². The van der Waals surface area contributed by atoms with Gasteiger partial charge in [-0.05, 0) is 44.2 Å². The van der Waals surface area contributed by atoms with E-state index in [0.717, 1.165) is 43.7 Å². The molecule has 1 fully saturated rings. The Morgan fingerprint density at radius 2 is 2.20 bits per heavy atom. The quantitative estimate of drug-likeness (QED) is 0.836. The molecule has 0 aliphatic heterocycles. The van der Waals surface area contributed by atoms with Crippen molar-refractivity contribution in [1.82, 2.24) is 4.98 Å². The molecule has 1 aliphatic carbocycles. The third-order valence-corrected chi connectivity index (χ3v) is 3.70. The van der Waals surface area contributed by atoms with E-state index in [1.165, 1.54) is 0 Å². The first-order valence-corrected chi connectivity index (χ1v) is 7.34. The molecule has 0 unspecified atom stereocenters. The molecular formula is C15H23N3O2. The number of nitrogens with zero attached hydrogens (tertiary/aromatic N) is 1. The van der Waals surface area contributed by atoms with Crippen molar-refractivity contribution in [1.29, 1.82) is 0 Å². The number of aromatic nitrogens is 1. The van der Waals surface area contributed by atoms with Crippen LogP contribution in [0.1, 0.15) is 39.0 Å². The number of pyridine rings is 1. The molecule has 1 aromatic heterocycles. The van der Waals surface area contributed by atoms with Crippen LogP contribution < -0.4 is 15.8 Å². The number of ether oxygens (including phenoxy) is 1. The van der Waals surface area contributed by atoms with E-state index in [1.807, 2.05) is 12.1 Å². The Kier molecular flexibility index (Phi) is 5.21. The Labute approximate surface area is 119 Å². The molecule has 110 valence electrons. The Balaban J connectivity index is 1.92. The molecule has 5 nitrogen and oxygen atoms in total. The van der Waals surface area contributed by atoms with Crippen LogP contribution >= 0.6 is 0 Å². The van der Waals surface area contributed by atoms with Crippen molar-refractivity contribution in [3.63, 3.8) is 0 Å². The van der Waals surface area contributed by atoms with Gasteiger partial charge in [0.05, 0.1) is 6.61 Å². The monoisotopic (exact) mass is 277 g/mol. The van der Waals surface area contributed by atoms with Crippen molar-refractivity contribution in [3.8, 4) is 5.75 Å². The molecule has 3 N–H and O–H groups in total. The smallest absolute Gasteiger partial charge is 0.220 e. The minimum atomic E-state index is -0.173. The zero-order valence-corrected chi connectivity index (χ0v) is 12.0. The Morgan fingerprint density at radius 3 is 2.85 bits per heavy atom. The summed E-state index contributed by atoms with van der Waals surface area (Å²) < 4.78 is 5.69. The molecule has 5 heteroatoms. The van der Waals surface area contributed by atoms with Crippen LogP contribution in [0.5, 0.6) is 5.75 Å². The Hall–Kier alpha value is -1.78. The maximum atomic E-state index is 11.2. The van der Waals surface area contributed by atoms with E-state index in [2.05, 4.69) is 17.2 Å². The fourth-order valence-electron chi connectivity index (χ4n) is 2.54. The molecule has 1 aromatic rings. The number of primary amides is 1. The molecule has 20 heavy (non-hydrogen) atoms. The summed E-state index contributed by atoms with van der Waals surface area (Å²) in [5.41, 5.74) is 5.35. The van der Waals surface area contributed by atoms with Crippen LogP contribution in [-0.4, -0.2) is 23.5 Å². The lowest BCUT2D eigenvalue weighted by Crippen LogP contribution is -2.32. The predicted molar refractivity (Wildman–Crippen MR) is 78.6 cm³/mol. The van der Waals surface area contributed by atoms with Crippen LogP contribution in [0.15, 0.2) is 18.3 Å². The van der Waals surface area contributed by atoms with Gasteiger partial charge in [-0.15, -0.1) is 0 Å². The average Bonchev–Trinajstić information content (AvgIpc) is 2.47. The highest BCUT2D eigenvalue weighted by atomic mass is 16.5. The maximum absolute atomic E-state index is 11.2. The summed E-state index contributed by atoms with van der Waals surface area (Å²) in [5, 5.41) is 3.43. The number of rotatable bonds is 6. The van der Waals surface area contributed by atoms with Gasteiger partial charge in [0.1, 0.15) is 0 Å². The lowest BCUT2D eigenvalue weighted by molar-refractivity contribution is -0.122. The average molecular weight is 277 g/mol. The van der Waals surface area contributed by atoms with Gasteiger partial charge in [-0.1, -0.05) is 6.92 Å². The second-order valence-corrected chi connectivity index (χ2v) is 5.29. The van der Waals surface area contributed by atoms with Crippen molar-refractivity contribution in [2.45, 2.75) is 45.1 Å². The van der Waals surface area contributed by atoms with Crippen molar-refractivity contribution < 1.29 is 9.53 Å². The number of anilines is 1. The van der Waals surface area contributed by atoms with E-state index in [9.17, 15) is 4.79 Å². The van der Waals surface area contributed by atoms with Crippen molar-refractivity contribution >= 4 is 11.7 Å². The minimum Gasteiger partial charge on any atom is -0.490 e. The lowest BCUT2D eigenvalue weighted by atomic mass is 9.85. The molecule has 1 saturated carbocycles. The van der Waals surface area contributed by atoms with Crippen LogP contribution in [0.3, 0.4) is 0 Å². The third-order valence-electron chi connectivity index (χ3n) is 3.70. The zero-order chi connectivity index (χ0) is 14.4. The van der Waals surface area contributed by atoms with Gasteiger partial charge in [-0.25, -0.2) is 4.98 Å². The molecule has 0 atom stereocenters. The number of hydrogen-bond donors (Lipinski definition) is 2. The van der Waals surface area contributed by atoms with Crippen LogP contribution in [0.2, 0.25) is 0 Å². The number of carbonyl (C=O) groups excluding carboxylic acids is 1. The number of amides is 1. The minimum absolute atomic E-state index is 0.0348. The molecular weight excluding hydrogens is 254 g/mol. The normalized spacial score (nSPS) is 22.2. The van der Waals surface area contributed by atoms with Gasteiger partial charge in [-0.2, -0.15) is 0 Å². The summed E-state index contributed by atoms with van der Waals surface area (Å²) in [7, 11) is 0. The Bertz CT molecular complexity index is 442. The highest BCUT2D eigenvalue weighted by molar-refractivity contribution is 5.76. The van der Waals surface area contributed by atoms with E-state index >= 15 is 0 Å². The number of nitrogens with one attached hydrogen (secondary N) is 1. The van der Waals surface area contributed by atoms with E-state index in [0.29, 0.717) is 12.6 Å². The van der Waals surface area contributed by atoms with Gasteiger partial charge in [0.25, 0.3) is 0 Å². The number of carbonyl (C=O) groups is 1. The highest BCUT2D eigenvalue weighted by Gasteiger charge is 2.25. The predicted octanol–water partition coefficient (Wildman–Crippen LogP) is 2.33. The van der Waals surface area contributed by atoms with Gasteiger partial charge >= 0.3 is 0 Å². The van der Waals surface area contributed by atoms with Gasteiger partial charge in [-0.3, -0.25) is 4.79 Å². The summed E-state index contributed by atoms with van der Waals surface area (Å²) in [6, 6.07) is 4.14. The van der Waals surface area contributed by atoms with Gasteiger partial charge in [0, 0.05) is 18.2 Å². The van der Waals surface area contributed by atoms with Gasteiger partial charge in [0.15, 0.2) is 11.6 Å². The Morgan fingerprint density at radius 1 is 1.45 bits per heavy atom. The van der Waals surface area contributed by atoms with Crippen LogP contribution in [0.4, 0.5) is 5.82 Å². The van der Waals surface area contributed by atoms with Crippen molar-refractivity contribution in [3.05, 3.63) is 18.3 Å². The summed E-state index contributed by atoms with van der Waals surface area (Å²) in [6.07, 6.45) is 6.32. The number of nitrogens with two attached hydrogens (primary N) is 1. The number of hydrogen-bond acceptors (Lipinski definition) is 4. The second kappa shape index (κ2) is 7.12. The van der Waals surface area contributed by atoms with Crippen LogP contribution in [-0.2, 0) is 4.79 Å². The van der Waals surface area contributed by atoms with E-state index in [1.54, 1.807) is 6.20 Å². The van der Waals surface area contributed by atoms with E-state index in [4.69, 9.17) is 10.5 Å². The first-order valence-electron chi connectivity index (χ1n) is 7.34. The molecule has 2 rings (SSSR count). The maximum Gasteiger partial charge on any atom is 0.220 e. The standard InChI is InChI=1S/C15H23N3O2/c1-2-10-20-13-4-3-9-17-15(13)18-12-7-5-11(6-8-12)14(16)19/h3-4,9,11-12H,2,5-8,10H2,1H3,(H2,16,19)(H,17,18). The fraction of sp³-hybridized carbons (Fsp3) is 0.600. The zero-order valence-electron chi connectivity index (χ0n) is 12.0. The summed E-state index contributed by atoms with van der Waals surface area (Å²) >= 11 is 0. The van der Waals surface area contributed by atoms with Crippen molar-refractivity contribution in [2.75, 3.05) is 11.9 Å². The topological polar surface area (TPSA) is 77.2 Å². The van der Waals surface area contributed by atoms with Crippen LogP contribution in [0.25, 0.3) is 0 Å². The molecule has 1 aliphatic rings. The first kappa shape index (κ1) is 14.6. The highest BCUT2D eigenvalue weighted by Crippen LogP contribution is 2.29. The molecule has 1 heterocycles. The SMILES string of the molecule is CCCOc1cccnc1NC1CCC(C(N)=O)CC1. The third kappa shape index (κ3) is 3.85. The summed E-state index contributed by atoms with van der Waals surface area (Å²) in [5.74, 6) is 1.45. The van der Waals surface area contributed by atoms with Gasteiger partial charge < -0.3 is 15.8 Å². The largest absolute Gasteiger partial charge is 0.490 e. The second-order valence-electron chi connectivity index (χ2n) is 5.29. The lowest BCUT2D eigenvalue weighted by Gasteiger charge is -2.28. The molecule has 1 amide bonds. The van der Waals surface area contributed by atoms with Crippen molar-refractivity contribution in [2.24, 2.45) is 11.7 Å². The molecule has 0 bridgehead atoms. The summed E-state index contributed by atoms with van der Waals surface area (Å²) in [6.45, 7) is 2.77. The van der Waals surface area contributed by atoms with Gasteiger partial charge in [0.2, 0.25) is 5.91 Å². The molecule has 0 saturated heterocycles. The fourth-order valence-corrected chi connectivity index (χ4v) is 2.54.